The summed E-state index contributed by atoms with van der Waals surface area (Å²) >= 11 is 0. The van der Waals surface area contributed by atoms with Gasteiger partial charge in [0.25, 0.3) is 0 Å². The first kappa shape index (κ1) is 15.5. The van der Waals surface area contributed by atoms with E-state index < -0.39 is 6.10 Å². The van der Waals surface area contributed by atoms with Crippen LogP contribution in [0.3, 0.4) is 0 Å². The number of hydrogen-bond acceptors (Lipinski definition) is 2. The van der Waals surface area contributed by atoms with Crippen LogP contribution in [0.1, 0.15) is 23.1 Å². The molecule has 2 aromatic rings. The van der Waals surface area contributed by atoms with Crippen molar-refractivity contribution in [3.8, 4) is 5.75 Å². The first-order valence-corrected chi connectivity index (χ1v) is 7.14. The molecule has 0 aliphatic rings. The van der Waals surface area contributed by atoms with Crippen LogP contribution in [0, 0.1) is 12.7 Å². The molecule has 2 rings (SSSR count). The predicted molar refractivity (Wildman–Crippen MR) is 82.2 cm³/mol. The second-order valence-electron chi connectivity index (χ2n) is 5.32. The molecule has 0 amide bonds. The van der Waals surface area contributed by atoms with Crippen molar-refractivity contribution in [3.05, 3.63) is 65.0 Å². The van der Waals surface area contributed by atoms with Crippen molar-refractivity contribution in [2.45, 2.75) is 32.3 Å². The summed E-state index contributed by atoms with van der Waals surface area (Å²) in [5, 5.41) is 10.1. The lowest BCUT2D eigenvalue weighted by Gasteiger charge is -2.13. The highest BCUT2D eigenvalue weighted by atomic mass is 19.1. The Hall–Kier alpha value is -1.87. The fraction of sp³-hybridized carbons (Fsp3) is 0.333. The van der Waals surface area contributed by atoms with Gasteiger partial charge in [0.1, 0.15) is 11.6 Å². The average Bonchev–Trinajstić information content (AvgIpc) is 2.48. The molecule has 1 N–H and O–H groups in total. The van der Waals surface area contributed by atoms with Crippen LogP contribution in [0.5, 0.6) is 5.75 Å². The third-order valence-corrected chi connectivity index (χ3v) is 3.69. The van der Waals surface area contributed by atoms with E-state index >= 15 is 0 Å². The molecule has 0 saturated heterocycles. The Morgan fingerprint density at radius 1 is 1.14 bits per heavy atom. The van der Waals surface area contributed by atoms with Gasteiger partial charge in [-0.15, -0.1) is 0 Å². The van der Waals surface area contributed by atoms with Crippen molar-refractivity contribution in [2.24, 2.45) is 0 Å². The fourth-order valence-electron chi connectivity index (χ4n) is 2.37. The normalized spacial score (nSPS) is 12.2. The van der Waals surface area contributed by atoms with Crippen molar-refractivity contribution >= 4 is 0 Å². The predicted octanol–water partition coefficient (Wildman–Crippen LogP) is 3.68. The molecule has 0 aliphatic carbocycles. The van der Waals surface area contributed by atoms with Crippen molar-refractivity contribution < 1.29 is 14.2 Å². The Morgan fingerprint density at radius 2 is 1.86 bits per heavy atom. The summed E-state index contributed by atoms with van der Waals surface area (Å²) in [5.41, 5.74) is 3.06. The van der Waals surface area contributed by atoms with Gasteiger partial charge in [0.05, 0.1) is 13.2 Å². The Balaban J connectivity index is 1.87. The van der Waals surface area contributed by atoms with Crippen LogP contribution < -0.4 is 4.74 Å². The molecule has 1 atom stereocenters. The summed E-state index contributed by atoms with van der Waals surface area (Å²) in [6.07, 6.45) is 1.63. The average molecular weight is 288 g/mol. The van der Waals surface area contributed by atoms with E-state index in [1.165, 1.54) is 17.7 Å². The van der Waals surface area contributed by atoms with E-state index in [0.717, 1.165) is 23.3 Å². The van der Waals surface area contributed by atoms with Crippen molar-refractivity contribution in [1.29, 1.82) is 0 Å². The van der Waals surface area contributed by atoms with Crippen molar-refractivity contribution in [3.63, 3.8) is 0 Å². The summed E-state index contributed by atoms with van der Waals surface area (Å²) in [6.45, 7) is 1.87. The maximum atomic E-state index is 13.0. The molecule has 0 fully saturated rings. The van der Waals surface area contributed by atoms with E-state index in [4.69, 9.17) is 4.74 Å². The van der Waals surface area contributed by atoms with Gasteiger partial charge in [0.15, 0.2) is 0 Å². The Morgan fingerprint density at radius 3 is 2.48 bits per heavy atom. The highest BCUT2D eigenvalue weighted by Crippen LogP contribution is 2.16. The smallest absolute Gasteiger partial charge is 0.123 e. The number of hydrogen-bond donors (Lipinski definition) is 1. The molecule has 0 radical (unpaired) electrons. The number of ether oxygens (including phenoxy) is 1. The van der Waals surface area contributed by atoms with Crippen LogP contribution in [-0.2, 0) is 12.8 Å². The van der Waals surface area contributed by atoms with Crippen molar-refractivity contribution in [2.75, 3.05) is 7.11 Å². The largest absolute Gasteiger partial charge is 0.497 e. The minimum atomic E-state index is -0.420. The molecule has 0 spiro atoms. The van der Waals surface area contributed by atoms with Crippen LogP contribution in [0.4, 0.5) is 4.39 Å². The van der Waals surface area contributed by atoms with E-state index in [9.17, 15) is 9.50 Å². The number of benzene rings is 2. The lowest BCUT2D eigenvalue weighted by atomic mass is 9.98. The molecule has 112 valence electrons. The van der Waals surface area contributed by atoms with Gasteiger partial charge in [-0.3, -0.25) is 0 Å². The molecule has 2 aromatic carbocycles. The van der Waals surface area contributed by atoms with Crippen LogP contribution >= 0.6 is 0 Å². The topological polar surface area (TPSA) is 29.5 Å². The van der Waals surface area contributed by atoms with Gasteiger partial charge < -0.3 is 9.84 Å². The van der Waals surface area contributed by atoms with Gasteiger partial charge >= 0.3 is 0 Å². The minimum absolute atomic E-state index is 0.232. The SMILES string of the molecule is COc1ccc(CCC(O)Cc2ccc(F)cc2C)cc1. The van der Waals surface area contributed by atoms with Crippen LogP contribution in [-0.4, -0.2) is 18.3 Å². The fourth-order valence-corrected chi connectivity index (χ4v) is 2.37. The van der Waals surface area contributed by atoms with Gasteiger partial charge in [-0.05, 0) is 67.1 Å². The molecule has 0 aliphatic heterocycles. The summed E-state index contributed by atoms with van der Waals surface area (Å²) in [5.74, 6) is 0.602. The number of rotatable bonds is 6. The monoisotopic (exact) mass is 288 g/mol. The first-order valence-electron chi connectivity index (χ1n) is 7.14. The summed E-state index contributed by atoms with van der Waals surface area (Å²) in [4.78, 5) is 0. The molecule has 0 bridgehead atoms. The van der Waals surface area contributed by atoms with E-state index in [-0.39, 0.29) is 5.82 Å². The lowest BCUT2D eigenvalue weighted by molar-refractivity contribution is 0.165. The minimum Gasteiger partial charge on any atom is -0.497 e. The Kier molecular flexibility index (Phi) is 5.34. The summed E-state index contributed by atoms with van der Waals surface area (Å²) in [7, 11) is 1.64. The second kappa shape index (κ2) is 7.23. The maximum Gasteiger partial charge on any atom is 0.123 e. The highest BCUT2D eigenvalue weighted by molar-refractivity contribution is 5.28. The van der Waals surface area contributed by atoms with E-state index in [1.807, 2.05) is 31.2 Å². The number of aryl methyl sites for hydroxylation is 2. The number of methoxy groups -OCH3 is 1. The quantitative estimate of drug-likeness (QED) is 0.878. The third kappa shape index (κ3) is 4.57. The molecule has 3 heteroatoms. The van der Waals surface area contributed by atoms with Gasteiger partial charge in [-0.25, -0.2) is 4.39 Å². The zero-order valence-corrected chi connectivity index (χ0v) is 12.5. The second-order valence-corrected chi connectivity index (χ2v) is 5.32. The number of aliphatic hydroxyl groups is 1. The lowest BCUT2D eigenvalue weighted by Crippen LogP contribution is -2.12. The van der Waals surface area contributed by atoms with Gasteiger partial charge in [-0.1, -0.05) is 18.2 Å². The zero-order valence-electron chi connectivity index (χ0n) is 12.5. The van der Waals surface area contributed by atoms with Gasteiger partial charge in [0, 0.05) is 0 Å². The highest BCUT2D eigenvalue weighted by Gasteiger charge is 2.09. The molecular formula is C18H21FO2. The molecule has 0 heterocycles. The zero-order chi connectivity index (χ0) is 15.2. The number of halogens is 1. The van der Waals surface area contributed by atoms with E-state index in [1.54, 1.807) is 13.2 Å². The molecular weight excluding hydrogens is 267 g/mol. The third-order valence-electron chi connectivity index (χ3n) is 3.69. The van der Waals surface area contributed by atoms with Crippen LogP contribution in [0.2, 0.25) is 0 Å². The van der Waals surface area contributed by atoms with Crippen LogP contribution in [0.15, 0.2) is 42.5 Å². The molecule has 2 nitrogen and oxygen atoms in total. The maximum absolute atomic E-state index is 13.0. The summed E-state index contributed by atoms with van der Waals surface area (Å²) in [6, 6.07) is 12.6. The molecule has 1 unspecified atom stereocenters. The van der Waals surface area contributed by atoms with E-state index in [0.29, 0.717) is 12.8 Å². The molecule has 0 aromatic heterocycles. The molecule has 0 saturated carbocycles. The Labute approximate surface area is 125 Å². The van der Waals surface area contributed by atoms with Gasteiger partial charge in [0.2, 0.25) is 0 Å². The van der Waals surface area contributed by atoms with Crippen molar-refractivity contribution in [1.82, 2.24) is 0 Å². The molecule has 21 heavy (non-hydrogen) atoms. The standard InChI is InChI=1S/C18H21FO2/c1-13-11-16(19)7-6-15(13)12-17(20)8-3-14-4-9-18(21-2)10-5-14/h4-7,9-11,17,20H,3,8,12H2,1-2H3. The Bertz CT molecular complexity index is 578. The van der Waals surface area contributed by atoms with E-state index in [2.05, 4.69) is 0 Å². The summed E-state index contributed by atoms with van der Waals surface area (Å²) < 4.78 is 18.2. The van der Waals surface area contributed by atoms with Gasteiger partial charge in [-0.2, -0.15) is 0 Å². The number of aliphatic hydroxyl groups excluding tert-OH is 1. The first-order chi connectivity index (χ1) is 10.1. The van der Waals surface area contributed by atoms with Crippen LogP contribution in [0.25, 0.3) is 0 Å².